The van der Waals surface area contributed by atoms with Crippen molar-refractivity contribution >= 4 is 0 Å². The van der Waals surface area contributed by atoms with Gasteiger partial charge in [0, 0.05) is 19.7 Å². The number of aliphatic hydroxyl groups is 1. The third kappa shape index (κ3) is 2.76. The Morgan fingerprint density at radius 3 is 3.00 bits per heavy atom. The highest BCUT2D eigenvalue weighted by Gasteiger charge is 2.21. The van der Waals surface area contributed by atoms with Gasteiger partial charge in [-0.05, 0) is 36.6 Å². The lowest BCUT2D eigenvalue weighted by Crippen LogP contribution is -2.20. The minimum Gasteiger partial charge on any atom is -0.396 e. The van der Waals surface area contributed by atoms with Crippen molar-refractivity contribution in [2.45, 2.75) is 13.0 Å². The molecule has 1 aliphatic rings. The zero-order valence-corrected chi connectivity index (χ0v) is 8.69. The van der Waals surface area contributed by atoms with Gasteiger partial charge in [0.2, 0.25) is 0 Å². The Hall–Kier alpha value is -0.930. The van der Waals surface area contributed by atoms with Gasteiger partial charge < -0.3 is 5.11 Å². The number of halogens is 1. The monoisotopic (exact) mass is 209 g/mol. The van der Waals surface area contributed by atoms with E-state index >= 15 is 0 Å². The highest BCUT2D eigenvalue weighted by molar-refractivity contribution is 5.16. The van der Waals surface area contributed by atoms with Crippen LogP contribution in [0.15, 0.2) is 24.3 Å². The van der Waals surface area contributed by atoms with Crippen LogP contribution >= 0.6 is 0 Å². The van der Waals surface area contributed by atoms with E-state index in [1.54, 1.807) is 12.1 Å². The summed E-state index contributed by atoms with van der Waals surface area (Å²) in [5.74, 6) is 0.226. The number of benzene rings is 1. The van der Waals surface area contributed by atoms with Crippen molar-refractivity contribution in [1.82, 2.24) is 4.90 Å². The van der Waals surface area contributed by atoms with Crippen LogP contribution in [-0.4, -0.2) is 29.7 Å². The van der Waals surface area contributed by atoms with Gasteiger partial charge in [-0.2, -0.15) is 0 Å². The number of aliphatic hydroxyl groups excluding tert-OH is 1. The minimum atomic E-state index is -0.176. The van der Waals surface area contributed by atoms with Crippen LogP contribution in [0.4, 0.5) is 4.39 Å². The molecule has 1 N–H and O–H groups in total. The molecule has 82 valence electrons. The van der Waals surface area contributed by atoms with Crippen molar-refractivity contribution in [3.05, 3.63) is 35.6 Å². The highest BCUT2D eigenvalue weighted by Crippen LogP contribution is 2.18. The van der Waals surface area contributed by atoms with E-state index in [0.29, 0.717) is 5.92 Å². The second-order valence-corrected chi connectivity index (χ2v) is 4.20. The highest BCUT2D eigenvalue weighted by atomic mass is 19.1. The number of nitrogens with zero attached hydrogens (tertiary/aromatic N) is 1. The molecule has 1 atom stereocenters. The molecule has 1 aliphatic heterocycles. The third-order valence-electron chi connectivity index (χ3n) is 2.92. The van der Waals surface area contributed by atoms with E-state index in [-0.39, 0.29) is 12.4 Å². The van der Waals surface area contributed by atoms with Gasteiger partial charge in [0.15, 0.2) is 0 Å². The second-order valence-electron chi connectivity index (χ2n) is 4.20. The van der Waals surface area contributed by atoms with Crippen molar-refractivity contribution in [1.29, 1.82) is 0 Å². The molecule has 0 spiro atoms. The van der Waals surface area contributed by atoms with Gasteiger partial charge in [-0.15, -0.1) is 0 Å². The van der Waals surface area contributed by atoms with E-state index in [0.717, 1.165) is 31.6 Å². The van der Waals surface area contributed by atoms with E-state index in [9.17, 15) is 4.39 Å². The number of hydrogen-bond acceptors (Lipinski definition) is 2. The lowest BCUT2D eigenvalue weighted by atomic mass is 10.1. The molecule has 1 heterocycles. The maximum atomic E-state index is 12.9. The normalized spacial score (nSPS) is 22.1. The Kier molecular flexibility index (Phi) is 3.34. The Morgan fingerprint density at radius 1 is 1.47 bits per heavy atom. The van der Waals surface area contributed by atoms with Crippen LogP contribution in [0.2, 0.25) is 0 Å². The van der Waals surface area contributed by atoms with Gasteiger partial charge in [-0.25, -0.2) is 4.39 Å². The largest absolute Gasteiger partial charge is 0.396 e. The molecule has 0 aromatic heterocycles. The summed E-state index contributed by atoms with van der Waals surface area (Å²) in [4.78, 5) is 2.26. The average molecular weight is 209 g/mol. The summed E-state index contributed by atoms with van der Waals surface area (Å²) in [5, 5.41) is 9.01. The molecule has 0 bridgehead atoms. The smallest absolute Gasteiger partial charge is 0.123 e. The Balaban J connectivity index is 1.92. The fraction of sp³-hybridized carbons (Fsp3) is 0.500. The standard InChI is InChI=1S/C12H16FNO/c13-12-3-1-2-10(6-12)7-14-5-4-11(8-14)9-15/h1-3,6,11,15H,4-5,7-9H2. The minimum absolute atomic E-state index is 0.176. The van der Waals surface area contributed by atoms with Crippen molar-refractivity contribution in [2.24, 2.45) is 5.92 Å². The van der Waals surface area contributed by atoms with E-state index in [4.69, 9.17) is 5.11 Å². The molecule has 0 saturated carbocycles. The molecule has 0 radical (unpaired) electrons. The summed E-state index contributed by atoms with van der Waals surface area (Å²) >= 11 is 0. The molecule has 3 heteroatoms. The maximum Gasteiger partial charge on any atom is 0.123 e. The van der Waals surface area contributed by atoms with Crippen LogP contribution in [0.5, 0.6) is 0 Å². The SMILES string of the molecule is OCC1CCN(Cc2cccc(F)c2)C1. The first-order valence-corrected chi connectivity index (χ1v) is 5.35. The van der Waals surface area contributed by atoms with Crippen LogP contribution in [-0.2, 0) is 6.54 Å². The molecular weight excluding hydrogens is 193 g/mol. The molecule has 0 amide bonds. The first kappa shape index (κ1) is 10.6. The first-order valence-electron chi connectivity index (χ1n) is 5.35. The Labute approximate surface area is 89.3 Å². The lowest BCUT2D eigenvalue weighted by Gasteiger charge is -2.15. The zero-order valence-electron chi connectivity index (χ0n) is 8.69. The van der Waals surface area contributed by atoms with Crippen LogP contribution in [0.3, 0.4) is 0 Å². The van der Waals surface area contributed by atoms with Gasteiger partial charge in [-0.3, -0.25) is 4.90 Å². The van der Waals surface area contributed by atoms with Gasteiger partial charge >= 0.3 is 0 Å². The predicted octanol–water partition coefficient (Wildman–Crippen LogP) is 1.64. The van der Waals surface area contributed by atoms with Gasteiger partial charge in [-0.1, -0.05) is 12.1 Å². The van der Waals surface area contributed by atoms with E-state index in [1.807, 2.05) is 6.07 Å². The molecule has 1 fully saturated rings. The molecule has 1 aromatic carbocycles. The van der Waals surface area contributed by atoms with Crippen molar-refractivity contribution < 1.29 is 9.50 Å². The first-order chi connectivity index (χ1) is 7.28. The molecule has 0 aliphatic carbocycles. The average Bonchev–Trinajstić information content (AvgIpc) is 2.65. The summed E-state index contributed by atoms with van der Waals surface area (Å²) < 4.78 is 12.9. The number of rotatable bonds is 3. The van der Waals surface area contributed by atoms with Gasteiger partial charge in [0.25, 0.3) is 0 Å². The van der Waals surface area contributed by atoms with E-state index in [2.05, 4.69) is 4.90 Å². The van der Waals surface area contributed by atoms with Crippen LogP contribution in [0.25, 0.3) is 0 Å². The molecule has 1 aromatic rings. The molecule has 2 rings (SSSR count). The quantitative estimate of drug-likeness (QED) is 0.818. The third-order valence-corrected chi connectivity index (χ3v) is 2.92. The molecule has 15 heavy (non-hydrogen) atoms. The van der Waals surface area contributed by atoms with Crippen LogP contribution < -0.4 is 0 Å². The Morgan fingerprint density at radius 2 is 2.33 bits per heavy atom. The summed E-state index contributed by atoms with van der Waals surface area (Å²) in [6, 6.07) is 6.72. The summed E-state index contributed by atoms with van der Waals surface area (Å²) in [7, 11) is 0. The van der Waals surface area contributed by atoms with E-state index < -0.39 is 0 Å². The summed E-state index contributed by atoms with van der Waals surface area (Å²) in [5.41, 5.74) is 1.01. The van der Waals surface area contributed by atoms with Crippen molar-refractivity contribution in [2.75, 3.05) is 19.7 Å². The maximum absolute atomic E-state index is 12.9. The van der Waals surface area contributed by atoms with Crippen LogP contribution in [0, 0.1) is 11.7 Å². The number of hydrogen-bond donors (Lipinski definition) is 1. The summed E-state index contributed by atoms with van der Waals surface area (Å²) in [6.45, 7) is 2.97. The van der Waals surface area contributed by atoms with Gasteiger partial charge in [0.1, 0.15) is 5.82 Å². The lowest BCUT2D eigenvalue weighted by molar-refractivity contribution is 0.220. The van der Waals surface area contributed by atoms with Crippen LogP contribution in [0.1, 0.15) is 12.0 Å². The van der Waals surface area contributed by atoms with Gasteiger partial charge in [0.05, 0.1) is 0 Å². The van der Waals surface area contributed by atoms with E-state index in [1.165, 1.54) is 6.07 Å². The summed E-state index contributed by atoms with van der Waals surface area (Å²) in [6.07, 6.45) is 1.05. The molecular formula is C12H16FNO. The fourth-order valence-corrected chi connectivity index (χ4v) is 2.10. The topological polar surface area (TPSA) is 23.5 Å². The molecule has 1 saturated heterocycles. The second kappa shape index (κ2) is 4.73. The fourth-order valence-electron chi connectivity index (χ4n) is 2.10. The zero-order chi connectivity index (χ0) is 10.7. The molecule has 2 nitrogen and oxygen atoms in total. The molecule has 1 unspecified atom stereocenters. The predicted molar refractivity (Wildman–Crippen MR) is 56.9 cm³/mol. The van der Waals surface area contributed by atoms with Crippen molar-refractivity contribution in [3.63, 3.8) is 0 Å². The number of likely N-dealkylation sites (tertiary alicyclic amines) is 1. The van der Waals surface area contributed by atoms with Crippen molar-refractivity contribution in [3.8, 4) is 0 Å². The Bertz CT molecular complexity index is 329.